The Balaban J connectivity index is 1.73. The fourth-order valence-corrected chi connectivity index (χ4v) is 3.54. The molecule has 0 radical (unpaired) electrons. The third kappa shape index (κ3) is 4.01. The summed E-state index contributed by atoms with van der Waals surface area (Å²) in [4.78, 5) is 18.0. The van der Waals surface area contributed by atoms with Gasteiger partial charge in [-0.05, 0) is 48.5 Å². The number of ether oxygens (including phenoxy) is 1. The molecule has 0 aliphatic heterocycles. The van der Waals surface area contributed by atoms with Gasteiger partial charge >= 0.3 is 6.36 Å². The minimum Gasteiger partial charge on any atom is -0.406 e. The van der Waals surface area contributed by atoms with E-state index >= 15 is 0 Å². The van der Waals surface area contributed by atoms with E-state index < -0.39 is 23.5 Å². The first-order chi connectivity index (χ1) is 16.3. The van der Waals surface area contributed by atoms with Gasteiger partial charge in [-0.2, -0.15) is 0 Å². The molecule has 0 atom stereocenters. The summed E-state index contributed by atoms with van der Waals surface area (Å²) in [6.45, 7) is 0. The zero-order valence-corrected chi connectivity index (χ0v) is 17.2. The molecular formula is C24H14F4N4O2. The minimum absolute atomic E-state index is 0.0337. The Bertz CT molecular complexity index is 1540. The van der Waals surface area contributed by atoms with E-state index in [-0.39, 0.29) is 28.1 Å². The van der Waals surface area contributed by atoms with E-state index in [4.69, 9.17) is 0 Å². The average molecular weight is 466 g/mol. The van der Waals surface area contributed by atoms with Crippen molar-refractivity contribution in [3.63, 3.8) is 0 Å². The smallest absolute Gasteiger partial charge is 0.406 e. The number of halogens is 4. The first-order valence-corrected chi connectivity index (χ1v) is 9.99. The minimum atomic E-state index is -4.86. The third-order valence-electron chi connectivity index (χ3n) is 5.02. The summed E-state index contributed by atoms with van der Waals surface area (Å²) in [6.07, 6.45) is -3.36. The lowest BCUT2D eigenvalue weighted by molar-refractivity contribution is -0.274. The molecule has 0 amide bonds. The Kier molecular flexibility index (Phi) is 5.12. The predicted molar refractivity (Wildman–Crippen MR) is 117 cm³/mol. The van der Waals surface area contributed by atoms with Crippen molar-refractivity contribution in [3.8, 4) is 28.5 Å². The van der Waals surface area contributed by atoms with Crippen LogP contribution in [0.15, 0.2) is 89.9 Å². The van der Waals surface area contributed by atoms with E-state index in [2.05, 4.69) is 14.8 Å². The van der Waals surface area contributed by atoms with E-state index in [1.54, 1.807) is 18.2 Å². The van der Waals surface area contributed by atoms with Gasteiger partial charge < -0.3 is 4.74 Å². The maximum Gasteiger partial charge on any atom is 0.573 e. The quantitative estimate of drug-likeness (QED) is 0.339. The molecule has 170 valence electrons. The zero-order valence-electron chi connectivity index (χ0n) is 17.2. The normalized spacial score (nSPS) is 11.6. The number of para-hydroxylation sites is 1. The molecule has 0 saturated carbocycles. The number of hydrogen-bond acceptors (Lipinski definition) is 4. The van der Waals surface area contributed by atoms with Crippen LogP contribution in [0.3, 0.4) is 0 Å². The molecular weight excluding hydrogens is 452 g/mol. The number of fused-ring (bicyclic) bond motifs is 1. The third-order valence-corrected chi connectivity index (χ3v) is 5.02. The number of nitrogens with zero attached hydrogens (tertiary/aromatic N) is 4. The lowest BCUT2D eigenvalue weighted by atomic mass is 10.1. The van der Waals surface area contributed by atoms with Crippen molar-refractivity contribution < 1.29 is 22.3 Å². The Morgan fingerprint density at radius 2 is 1.50 bits per heavy atom. The monoisotopic (exact) mass is 466 g/mol. The number of rotatable bonds is 4. The highest BCUT2D eigenvalue weighted by molar-refractivity contribution is 5.77. The maximum absolute atomic E-state index is 14.7. The molecule has 2 aromatic heterocycles. The van der Waals surface area contributed by atoms with Crippen LogP contribution in [0.2, 0.25) is 0 Å². The van der Waals surface area contributed by atoms with Gasteiger partial charge in [-0.15, -0.1) is 18.3 Å². The van der Waals surface area contributed by atoms with Crippen molar-refractivity contribution in [3.05, 3.63) is 101 Å². The Hall–Kier alpha value is -4.47. The number of aromatic nitrogens is 4. The van der Waals surface area contributed by atoms with Gasteiger partial charge in [0.15, 0.2) is 11.5 Å². The van der Waals surface area contributed by atoms with Crippen molar-refractivity contribution in [2.75, 3.05) is 0 Å². The fraction of sp³-hybridized carbons (Fsp3) is 0.0417. The summed E-state index contributed by atoms with van der Waals surface area (Å²) in [5.74, 6) is -1.12. The van der Waals surface area contributed by atoms with Gasteiger partial charge in [-0.25, -0.2) is 14.1 Å². The average Bonchev–Trinajstić information content (AvgIpc) is 3.24. The Morgan fingerprint density at radius 3 is 2.18 bits per heavy atom. The van der Waals surface area contributed by atoms with E-state index in [0.717, 1.165) is 16.7 Å². The lowest BCUT2D eigenvalue weighted by Gasteiger charge is -2.14. The first kappa shape index (κ1) is 21.4. The highest BCUT2D eigenvalue weighted by atomic mass is 19.4. The molecule has 0 fully saturated rings. The van der Waals surface area contributed by atoms with Gasteiger partial charge in [0, 0.05) is 6.20 Å². The summed E-state index contributed by atoms with van der Waals surface area (Å²) in [5, 5.41) is 4.53. The van der Waals surface area contributed by atoms with Gasteiger partial charge in [0.2, 0.25) is 0 Å². The molecule has 0 spiro atoms. The second kappa shape index (κ2) is 8.14. The second-order valence-corrected chi connectivity index (χ2v) is 7.24. The molecule has 0 N–H and O–H groups in total. The van der Waals surface area contributed by atoms with E-state index in [1.165, 1.54) is 41.2 Å². The van der Waals surface area contributed by atoms with Crippen LogP contribution < -0.4 is 10.3 Å². The van der Waals surface area contributed by atoms with Gasteiger partial charge in [0.25, 0.3) is 5.56 Å². The van der Waals surface area contributed by atoms with Crippen LogP contribution in [0.5, 0.6) is 5.75 Å². The topological polar surface area (TPSA) is 61.9 Å². The number of benzene rings is 3. The number of hydrogen-bond donors (Lipinski definition) is 0. The molecule has 0 unspecified atom stereocenters. The van der Waals surface area contributed by atoms with E-state index in [9.17, 15) is 22.4 Å². The van der Waals surface area contributed by atoms with Crippen LogP contribution in [0.1, 0.15) is 0 Å². The van der Waals surface area contributed by atoms with Gasteiger partial charge in [0.05, 0.1) is 16.9 Å². The second-order valence-electron chi connectivity index (χ2n) is 7.24. The van der Waals surface area contributed by atoms with Crippen LogP contribution >= 0.6 is 0 Å². The Morgan fingerprint density at radius 1 is 0.824 bits per heavy atom. The van der Waals surface area contributed by atoms with Crippen molar-refractivity contribution >= 4 is 11.0 Å². The first-order valence-electron chi connectivity index (χ1n) is 9.99. The maximum atomic E-state index is 14.7. The van der Waals surface area contributed by atoms with Crippen LogP contribution in [-0.2, 0) is 0 Å². The van der Waals surface area contributed by atoms with E-state index in [0.29, 0.717) is 5.69 Å². The SMILES string of the molecule is O=c1c2cn(-c3ccccc3)nc2nc(-c2ccccc2F)n1-c1ccc(OC(F)(F)F)cc1. The zero-order chi connectivity index (χ0) is 23.9. The summed E-state index contributed by atoms with van der Waals surface area (Å²) in [7, 11) is 0. The van der Waals surface area contributed by atoms with Crippen LogP contribution in [0.4, 0.5) is 17.6 Å². The van der Waals surface area contributed by atoms with Crippen LogP contribution in [0, 0.1) is 5.82 Å². The van der Waals surface area contributed by atoms with Crippen LogP contribution in [-0.4, -0.2) is 25.7 Å². The molecule has 0 bridgehead atoms. The van der Waals surface area contributed by atoms with Gasteiger partial charge in [-0.3, -0.25) is 9.36 Å². The van der Waals surface area contributed by atoms with Gasteiger partial charge in [-0.1, -0.05) is 30.3 Å². The highest BCUT2D eigenvalue weighted by Gasteiger charge is 2.31. The van der Waals surface area contributed by atoms with Crippen molar-refractivity contribution in [1.82, 2.24) is 19.3 Å². The molecule has 34 heavy (non-hydrogen) atoms. The Labute approximate surface area is 189 Å². The summed E-state index contributed by atoms with van der Waals surface area (Å²) in [6, 6.07) is 19.5. The summed E-state index contributed by atoms with van der Waals surface area (Å²) < 4.78 is 58.8. The van der Waals surface area contributed by atoms with Gasteiger partial charge in [0.1, 0.15) is 17.0 Å². The molecule has 0 aliphatic carbocycles. The molecule has 0 saturated heterocycles. The largest absolute Gasteiger partial charge is 0.573 e. The molecule has 0 aliphatic rings. The molecule has 6 nitrogen and oxygen atoms in total. The standard InChI is InChI=1S/C24H14F4N4O2/c25-20-9-5-4-8-18(20)22-29-21-19(14-31(30-21)15-6-2-1-3-7-15)23(33)32(22)16-10-12-17(13-11-16)34-24(26,27)28/h1-14H. The molecule has 5 aromatic rings. The molecule has 10 heteroatoms. The van der Waals surface area contributed by atoms with Crippen molar-refractivity contribution in [2.24, 2.45) is 0 Å². The highest BCUT2D eigenvalue weighted by Crippen LogP contribution is 2.27. The lowest BCUT2D eigenvalue weighted by Crippen LogP contribution is -2.22. The predicted octanol–water partition coefficient (Wildman–Crippen LogP) is 5.28. The van der Waals surface area contributed by atoms with Crippen molar-refractivity contribution in [1.29, 1.82) is 0 Å². The van der Waals surface area contributed by atoms with E-state index in [1.807, 2.05) is 18.2 Å². The fourth-order valence-electron chi connectivity index (χ4n) is 3.54. The summed E-state index contributed by atoms with van der Waals surface area (Å²) in [5.41, 5.74) is 0.439. The van der Waals surface area contributed by atoms with Crippen molar-refractivity contribution in [2.45, 2.75) is 6.36 Å². The molecule has 3 aromatic carbocycles. The number of alkyl halides is 3. The molecule has 2 heterocycles. The summed E-state index contributed by atoms with van der Waals surface area (Å²) >= 11 is 0. The van der Waals surface area contributed by atoms with Crippen LogP contribution in [0.25, 0.3) is 33.8 Å². The molecule has 5 rings (SSSR count).